The Bertz CT molecular complexity index is 1300. The van der Waals surface area contributed by atoms with Crippen molar-refractivity contribution in [1.29, 1.82) is 5.26 Å². The minimum absolute atomic E-state index is 0.116. The van der Waals surface area contributed by atoms with E-state index in [2.05, 4.69) is 16.3 Å². The van der Waals surface area contributed by atoms with Crippen molar-refractivity contribution in [3.63, 3.8) is 0 Å². The molecule has 0 aromatic heterocycles. The summed E-state index contributed by atoms with van der Waals surface area (Å²) in [6.07, 6.45) is 0.262. The Morgan fingerprint density at radius 2 is 1.67 bits per heavy atom. The van der Waals surface area contributed by atoms with Crippen molar-refractivity contribution in [3.05, 3.63) is 98.6 Å². The first-order valence-corrected chi connectivity index (χ1v) is 10.7. The Morgan fingerprint density at radius 1 is 0.944 bits per heavy atom. The molecule has 0 radical (unpaired) electrons. The molecule has 0 atom stereocenters. The molecule has 0 saturated heterocycles. The van der Waals surface area contributed by atoms with Gasteiger partial charge in [0.1, 0.15) is 6.61 Å². The highest BCUT2D eigenvalue weighted by Crippen LogP contribution is 2.32. The van der Waals surface area contributed by atoms with Crippen LogP contribution in [0.4, 0.5) is 28.4 Å². The summed E-state index contributed by atoms with van der Waals surface area (Å²) in [6, 6.07) is 20.5. The molecule has 0 aliphatic rings. The number of nitro benzene ring substituents is 2. The van der Waals surface area contributed by atoms with Crippen LogP contribution in [0.5, 0.6) is 0 Å². The zero-order chi connectivity index (χ0) is 25.9. The van der Waals surface area contributed by atoms with Gasteiger partial charge in [-0.2, -0.15) is 10.4 Å². The van der Waals surface area contributed by atoms with E-state index in [1.54, 1.807) is 54.6 Å². The third kappa shape index (κ3) is 6.91. The predicted octanol–water partition coefficient (Wildman–Crippen LogP) is 5.50. The number of hydrogen-bond acceptors (Lipinski definition) is 10. The zero-order valence-corrected chi connectivity index (χ0v) is 18.9. The van der Waals surface area contributed by atoms with E-state index < -0.39 is 27.2 Å². The number of carbonyl (C=O) groups excluding carboxylic acids is 1. The van der Waals surface area contributed by atoms with Gasteiger partial charge in [0, 0.05) is 18.3 Å². The molecule has 182 valence electrons. The SMILES string of the molecule is N#CCCN(CCOC(=O)c1ccccc1)c1ccc(N=Nc2ccc([N+](=O)[O-])cc2[N+](=O)[O-])cc1. The highest BCUT2D eigenvalue weighted by Gasteiger charge is 2.19. The second-order valence-corrected chi connectivity index (χ2v) is 7.30. The number of hydrogen-bond donors (Lipinski definition) is 0. The lowest BCUT2D eigenvalue weighted by atomic mass is 10.2. The Kier molecular flexibility index (Phi) is 8.71. The summed E-state index contributed by atoms with van der Waals surface area (Å²) in [6.45, 7) is 0.885. The molecular formula is C24H20N6O6. The van der Waals surface area contributed by atoms with E-state index in [9.17, 15) is 25.0 Å². The molecule has 3 aromatic carbocycles. The highest BCUT2D eigenvalue weighted by atomic mass is 16.6. The van der Waals surface area contributed by atoms with Crippen LogP contribution >= 0.6 is 0 Å². The maximum Gasteiger partial charge on any atom is 0.338 e. The van der Waals surface area contributed by atoms with Gasteiger partial charge in [0.15, 0.2) is 5.69 Å². The van der Waals surface area contributed by atoms with Crippen LogP contribution in [0.2, 0.25) is 0 Å². The summed E-state index contributed by atoms with van der Waals surface area (Å²) in [5.41, 5.74) is 0.521. The van der Waals surface area contributed by atoms with E-state index in [0.29, 0.717) is 24.3 Å². The van der Waals surface area contributed by atoms with Crippen LogP contribution in [0, 0.1) is 31.6 Å². The first-order valence-electron chi connectivity index (χ1n) is 10.7. The summed E-state index contributed by atoms with van der Waals surface area (Å²) < 4.78 is 5.33. The van der Waals surface area contributed by atoms with Gasteiger partial charge in [-0.15, -0.1) is 5.11 Å². The van der Waals surface area contributed by atoms with E-state index in [1.807, 2.05) is 4.90 Å². The summed E-state index contributed by atoms with van der Waals surface area (Å²) in [5, 5.41) is 38.9. The number of anilines is 1. The third-order valence-electron chi connectivity index (χ3n) is 4.95. The van der Waals surface area contributed by atoms with Gasteiger partial charge in [0.2, 0.25) is 0 Å². The lowest BCUT2D eigenvalue weighted by Gasteiger charge is -2.23. The molecule has 0 amide bonds. The van der Waals surface area contributed by atoms with Crippen molar-refractivity contribution in [3.8, 4) is 6.07 Å². The van der Waals surface area contributed by atoms with E-state index in [4.69, 9.17) is 10.00 Å². The van der Waals surface area contributed by atoms with Crippen molar-refractivity contribution >= 4 is 34.4 Å². The summed E-state index contributed by atoms with van der Waals surface area (Å²) >= 11 is 0. The smallest absolute Gasteiger partial charge is 0.338 e. The van der Waals surface area contributed by atoms with Crippen LogP contribution in [0.1, 0.15) is 16.8 Å². The van der Waals surface area contributed by atoms with Gasteiger partial charge in [0.05, 0.1) is 46.2 Å². The van der Waals surface area contributed by atoms with E-state index in [-0.39, 0.29) is 18.7 Å². The molecule has 36 heavy (non-hydrogen) atoms. The topological polar surface area (TPSA) is 164 Å². The molecule has 3 aromatic rings. The largest absolute Gasteiger partial charge is 0.460 e. The summed E-state index contributed by atoms with van der Waals surface area (Å²) in [4.78, 5) is 34.6. The predicted molar refractivity (Wildman–Crippen MR) is 130 cm³/mol. The minimum Gasteiger partial charge on any atom is -0.460 e. The second-order valence-electron chi connectivity index (χ2n) is 7.30. The van der Waals surface area contributed by atoms with Crippen LogP contribution in [0.15, 0.2) is 83.0 Å². The Hall–Kier alpha value is -5.18. The first kappa shape index (κ1) is 25.4. The first-order chi connectivity index (χ1) is 17.4. The Balaban J connectivity index is 1.68. The molecular weight excluding hydrogens is 468 g/mol. The highest BCUT2D eigenvalue weighted by molar-refractivity contribution is 5.89. The van der Waals surface area contributed by atoms with Crippen molar-refractivity contribution < 1.29 is 19.4 Å². The third-order valence-corrected chi connectivity index (χ3v) is 4.95. The van der Waals surface area contributed by atoms with Gasteiger partial charge in [-0.1, -0.05) is 18.2 Å². The number of carbonyl (C=O) groups is 1. The quantitative estimate of drug-likeness (QED) is 0.148. The van der Waals surface area contributed by atoms with Gasteiger partial charge < -0.3 is 9.64 Å². The molecule has 0 N–H and O–H groups in total. The van der Waals surface area contributed by atoms with Gasteiger partial charge in [-0.3, -0.25) is 20.2 Å². The van der Waals surface area contributed by atoms with Gasteiger partial charge >= 0.3 is 11.7 Å². The van der Waals surface area contributed by atoms with Crippen LogP contribution in [0.25, 0.3) is 0 Å². The fourth-order valence-corrected chi connectivity index (χ4v) is 3.16. The minimum atomic E-state index is -0.762. The Labute approximate surface area is 205 Å². The van der Waals surface area contributed by atoms with Gasteiger partial charge in [0.25, 0.3) is 5.69 Å². The summed E-state index contributed by atoms with van der Waals surface area (Å²) in [7, 11) is 0. The van der Waals surface area contributed by atoms with E-state index >= 15 is 0 Å². The molecule has 0 bridgehead atoms. The number of rotatable bonds is 11. The van der Waals surface area contributed by atoms with Crippen LogP contribution in [-0.4, -0.2) is 35.5 Å². The number of nitro groups is 2. The fourth-order valence-electron chi connectivity index (χ4n) is 3.16. The normalized spacial score (nSPS) is 10.5. The van der Waals surface area contributed by atoms with Crippen molar-refractivity contribution in [2.75, 3.05) is 24.6 Å². The molecule has 0 aliphatic carbocycles. The maximum absolute atomic E-state index is 12.1. The van der Waals surface area contributed by atoms with E-state index in [0.717, 1.165) is 23.9 Å². The van der Waals surface area contributed by atoms with Crippen molar-refractivity contribution in [2.45, 2.75) is 6.42 Å². The molecule has 0 fully saturated rings. The lowest BCUT2D eigenvalue weighted by molar-refractivity contribution is -0.393. The zero-order valence-electron chi connectivity index (χ0n) is 18.9. The molecule has 0 spiro atoms. The van der Waals surface area contributed by atoms with E-state index in [1.165, 1.54) is 0 Å². The number of non-ortho nitro benzene ring substituents is 1. The average molecular weight is 488 g/mol. The van der Waals surface area contributed by atoms with Gasteiger partial charge in [-0.25, -0.2) is 4.79 Å². The number of azo groups is 1. The van der Waals surface area contributed by atoms with Crippen molar-refractivity contribution in [2.24, 2.45) is 10.2 Å². The number of benzene rings is 3. The lowest BCUT2D eigenvalue weighted by Crippen LogP contribution is -2.29. The number of ether oxygens (including phenoxy) is 1. The van der Waals surface area contributed by atoms with Crippen LogP contribution in [0.3, 0.4) is 0 Å². The second kappa shape index (κ2) is 12.3. The van der Waals surface area contributed by atoms with Gasteiger partial charge in [-0.05, 0) is 42.5 Å². The monoisotopic (exact) mass is 488 g/mol. The molecule has 0 aliphatic heterocycles. The molecule has 0 heterocycles. The molecule has 12 heteroatoms. The Morgan fingerprint density at radius 3 is 2.31 bits per heavy atom. The summed E-state index contributed by atoms with van der Waals surface area (Å²) in [5.74, 6) is -0.438. The number of esters is 1. The number of nitriles is 1. The molecule has 3 rings (SSSR count). The molecule has 0 unspecified atom stereocenters. The van der Waals surface area contributed by atoms with Crippen LogP contribution < -0.4 is 4.90 Å². The maximum atomic E-state index is 12.1. The average Bonchev–Trinajstić information content (AvgIpc) is 2.90. The fraction of sp³-hybridized carbons (Fsp3) is 0.167. The standard InChI is InChI=1S/C24H20N6O6/c25-13-4-14-28(15-16-36-24(31)18-5-2-1-3-6-18)20-9-7-19(8-10-20)26-27-22-12-11-21(29(32)33)17-23(22)30(34)35/h1-3,5-12,17H,4,14-16H2. The molecule has 12 nitrogen and oxygen atoms in total. The number of nitrogens with zero attached hydrogens (tertiary/aromatic N) is 6. The van der Waals surface area contributed by atoms with Crippen LogP contribution in [-0.2, 0) is 4.74 Å². The molecule has 0 saturated carbocycles. The van der Waals surface area contributed by atoms with Crippen molar-refractivity contribution in [1.82, 2.24) is 0 Å².